The highest BCUT2D eigenvalue weighted by Crippen LogP contribution is 2.19. The van der Waals surface area contributed by atoms with E-state index in [0.29, 0.717) is 5.69 Å². The Morgan fingerprint density at radius 3 is 2.67 bits per heavy atom. The van der Waals surface area contributed by atoms with Crippen molar-refractivity contribution in [2.45, 2.75) is 26.7 Å². The molecule has 106 valence electrons. The molecule has 0 unspecified atom stereocenters. The Hall–Kier alpha value is -2.42. The Morgan fingerprint density at radius 2 is 1.90 bits per heavy atom. The van der Waals surface area contributed by atoms with E-state index >= 15 is 0 Å². The van der Waals surface area contributed by atoms with E-state index in [0.717, 1.165) is 35.3 Å². The van der Waals surface area contributed by atoms with Gasteiger partial charge in [0.1, 0.15) is 11.5 Å². The molecule has 0 N–H and O–H groups in total. The standard InChI is InChI=1S/C18H18N2O/c1-3-8-16-19-17(15-11-6-7-12-20(15)16)18(21)14-10-5-4-9-13(14)2/h4-7,9-12H,3,8H2,1-2H3. The van der Waals surface area contributed by atoms with Gasteiger partial charge in [-0.05, 0) is 31.0 Å². The summed E-state index contributed by atoms with van der Waals surface area (Å²) in [5, 5.41) is 0. The lowest BCUT2D eigenvalue weighted by atomic mass is 10.0. The Labute approximate surface area is 124 Å². The molecule has 0 radical (unpaired) electrons. The lowest BCUT2D eigenvalue weighted by molar-refractivity contribution is 0.103. The van der Waals surface area contributed by atoms with Crippen molar-refractivity contribution in [1.29, 1.82) is 0 Å². The summed E-state index contributed by atoms with van der Waals surface area (Å²) in [6, 6.07) is 13.5. The van der Waals surface area contributed by atoms with Crippen LogP contribution in [0.15, 0.2) is 48.7 Å². The van der Waals surface area contributed by atoms with Gasteiger partial charge in [-0.15, -0.1) is 0 Å². The number of hydrogen-bond acceptors (Lipinski definition) is 2. The zero-order valence-corrected chi connectivity index (χ0v) is 12.3. The zero-order valence-electron chi connectivity index (χ0n) is 12.3. The second-order valence-electron chi connectivity index (χ2n) is 5.23. The number of ketones is 1. The van der Waals surface area contributed by atoms with Crippen LogP contribution in [0.25, 0.3) is 5.52 Å². The van der Waals surface area contributed by atoms with Gasteiger partial charge < -0.3 is 4.40 Å². The van der Waals surface area contributed by atoms with Gasteiger partial charge in [0, 0.05) is 18.2 Å². The maximum absolute atomic E-state index is 12.8. The van der Waals surface area contributed by atoms with Crippen molar-refractivity contribution in [2.24, 2.45) is 0 Å². The summed E-state index contributed by atoms with van der Waals surface area (Å²) in [5.41, 5.74) is 3.14. The highest BCUT2D eigenvalue weighted by atomic mass is 16.1. The number of hydrogen-bond donors (Lipinski definition) is 0. The number of rotatable bonds is 4. The summed E-state index contributed by atoms with van der Waals surface area (Å²) in [5.74, 6) is 0.948. The molecule has 3 nitrogen and oxygen atoms in total. The van der Waals surface area contributed by atoms with Crippen molar-refractivity contribution < 1.29 is 4.79 Å². The largest absolute Gasteiger partial charge is 0.303 e. The second-order valence-corrected chi connectivity index (χ2v) is 5.23. The number of nitrogens with zero attached hydrogens (tertiary/aromatic N) is 2. The van der Waals surface area contributed by atoms with E-state index in [1.165, 1.54) is 0 Å². The molecular weight excluding hydrogens is 260 g/mol. The van der Waals surface area contributed by atoms with Gasteiger partial charge in [0.05, 0.1) is 5.52 Å². The molecule has 0 saturated heterocycles. The van der Waals surface area contributed by atoms with Gasteiger partial charge in [-0.1, -0.05) is 37.3 Å². The Morgan fingerprint density at radius 1 is 1.14 bits per heavy atom. The molecule has 2 aromatic heterocycles. The van der Waals surface area contributed by atoms with E-state index in [4.69, 9.17) is 0 Å². The average Bonchev–Trinajstić information content (AvgIpc) is 2.87. The van der Waals surface area contributed by atoms with Crippen LogP contribution in [0.3, 0.4) is 0 Å². The molecule has 0 fully saturated rings. The molecule has 0 aliphatic heterocycles. The van der Waals surface area contributed by atoms with Crippen molar-refractivity contribution >= 4 is 11.3 Å². The fourth-order valence-electron chi connectivity index (χ4n) is 2.62. The van der Waals surface area contributed by atoms with E-state index in [1.54, 1.807) is 0 Å². The quantitative estimate of drug-likeness (QED) is 0.680. The monoisotopic (exact) mass is 278 g/mol. The first-order valence-electron chi connectivity index (χ1n) is 7.28. The topological polar surface area (TPSA) is 34.4 Å². The van der Waals surface area contributed by atoms with Gasteiger partial charge in [-0.2, -0.15) is 0 Å². The Kier molecular flexibility index (Phi) is 3.57. The maximum atomic E-state index is 12.8. The van der Waals surface area contributed by atoms with Gasteiger partial charge >= 0.3 is 0 Å². The van der Waals surface area contributed by atoms with Crippen LogP contribution in [0.5, 0.6) is 0 Å². The fraction of sp³-hybridized carbons (Fsp3) is 0.222. The molecular formula is C18H18N2O. The molecule has 0 atom stereocenters. The minimum atomic E-state index is -0.000784. The van der Waals surface area contributed by atoms with Crippen LogP contribution in [0.4, 0.5) is 0 Å². The molecule has 0 bridgehead atoms. The summed E-state index contributed by atoms with van der Waals surface area (Å²) >= 11 is 0. The second kappa shape index (κ2) is 5.52. The number of carbonyl (C=O) groups is 1. The molecule has 21 heavy (non-hydrogen) atoms. The van der Waals surface area contributed by atoms with Crippen LogP contribution in [-0.4, -0.2) is 15.2 Å². The molecule has 0 aliphatic carbocycles. The van der Waals surface area contributed by atoms with Crippen molar-refractivity contribution in [3.63, 3.8) is 0 Å². The van der Waals surface area contributed by atoms with E-state index < -0.39 is 0 Å². The molecule has 0 aliphatic rings. The number of carbonyl (C=O) groups excluding carboxylic acids is 1. The highest BCUT2D eigenvalue weighted by molar-refractivity contribution is 6.12. The minimum Gasteiger partial charge on any atom is -0.303 e. The third-order valence-corrected chi connectivity index (χ3v) is 3.70. The van der Waals surface area contributed by atoms with Crippen molar-refractivity contribution in [3.8, 4) is 0 Å². The Bertz CT molecular complexity index is 802. The third-order valence-electron chi connectivity index (χ3n) is 3.70. The predicted octanol–water partition coefficient (Wildman–Crippen LogP) is 3.83. The van der Waals surface area contributed by atoms with Gasteiger partial charge in [0.15, 0.2) is 0 Å². The van der Waals surface area contributed by atoms with Crippen LogP contribution in [0, 0.1) is 6.92 Å². The van der Waals surface area contributed by atoms with Gasteiger partial charge in [0.25, 0.3) is 0 Å². The number of benzene rings is 1. The van der Waals surface area contributed by atoms with E-state index in [9.17, 15) is 4.79 Å². The average molecular weight is 278 g/mol. The summed E-state index contributed by atoms with van der Waals surface area (Å²) in [4.78, 5) is 17.4. The lowest BCUT2D eigenvalue weighted by Gasteiger charge is -2.02. The first kappa shape index (κ1) is 13.6. The van der Waals surface area contributed by atoms with Crippen LogP contribution in [0.2, 0.25) is 0 Å². The smallest absolute Gasteiger partial charge is 0.213 e. The van der Waals surface area contributed by atoms with E-state index in [2.05, 4.69) is 11.9 Å². The highest BCUT2D eigenvalue weighted by Gasteiger charge is 2.19. The molecule has 2 heterocycles. The number of pyridine rings is 1. The molecule has 0 amide bonds. The normalized spacial score (nSPS) is 11.0. The molecule has 0 saturated carbocycles. The van der Waals surface area contributed by atoms with Crippen molar-refractivity contribution in [1.82, 2.24) is 9.38 Å². The summed E-state index contributed by atoms with van der Waals surface area (Å²) in [6.07, 6.45) is 3.85. The number of aryl methyl sites for hydroxylation is 2. The number of imidazole rings is 1. The van der Waals surface area contributed by atoms with Crippen LogP contribution < -0.4 is 0 Å². The molecule has 3 heteroatoms. The van der Waals surface area contributed by atoms with Crippen LogP contribution in [-0.2, 0) is 6.42 Å². The van der Waals surface area contributed by atoms with Gasteiger partial charge in [0.2, 0.25) is 5.78 Å². The summed E-state index contributed by atoms with van der Waals surface area (Å²) < 4.78 is 2.02. The van der Waals surface area contributed by atoms with Gasteiger partial charge in [-0.3, -0.25) is 4.79 Å². The zero-order chi connectivity index (χ0) is 14.8. The van der Waals surface area contributed by atoms with Crippen LogP contribution in [0.1, 0.15) is 40.8 Å². The minimum absolute atomic E-state index is 0.000784. The summed E-state index contributed by atoms with van der Waals surface area (Å²) in [6.45, 7) is 4.07. The Balaban J connectivity index is 2.17. The molecule has 1 aromatic carbocycles. The van der Waals surface area contributed by atoms with Crippen molar-refractivity contribution in [3.05, 3.63) is 71.3 Å². The molecule has 3 rings (SSSR count). The maximum Gasteiger partial charge on any atom is 0.213 e. The van der Waals surface area contributed by atoms with E-state index in [-0.39, 0.29) is 5.78 Å². The molecule has 3 aromatic rings. The first-order valence-corrected chi connectivity index (χ1v) is 7.28. The SMILES string of the molecule is CCCc1nc(C(=O)c2ccccc2C)c2ccccn12. The lowest BCUT2D eigenvalue weighted by Crippen LogP contribution is -2.04. The summed E-state index contributed by atoms with van der Waals surface area (Å²) in [7, 11) is 0. The van der Waals surface area contributed by atoms with E-state index in [1.807, 2.05) is 60.0 Å². The predicted molar refractivity (Wildman–Crippen MR) is 83.8 cm³/mol. The number of fused-ring (bicyclic) bond motifs is 1. The third kappa shape index (κ3) is 2.35. The number of aromatic nitrogens is 2. The molecule has 0 spiro atoms. The van der Waals surface area contributed by atoms with Gasteiger partial charge in [-0.25, -0.2) is 4.98 Å². The fourth-order valence-corrected chi connectivity index (χ4v) is 2.62. The first-order chi connectivity index (χ1) is 10.2. The van der Waals surface area contributed by atoms with Crippen LogP contribution >= 0.6 is 0 Å². The van der Waals surface area contributed by atoms with Crippen molar-refractivity contribution in [2.75, 3.05) is 0 Å².